The highest BCUT2D eigenvalue weighted by Gasteiger charge is 2.14. The molecule has 0 amide bonds. The number of H-pyrrole nitrogens is 1. The molecule has 2 aromatic heterocycles. The average molecular weight is 389 g/mol. The second-order valence-corrected chi connectivity index (χ2v) is 7.47. The van der Waals surface area contributed by atoms with Crippen molar-refractivity contribution in [1.82, 2.24) is 20.2 Å². The third kappa shape index (κ3) is 3.99. The molecular formula is C21H20N6S. The molecule has 0 spiro atoms. The normalized spacial score (nSPS) is 10.8. The van der Waals surface area contributed by atoms with Crippen molar-refractivity contribution in [3.05, 3.63) is 71.9 Å². The van der Waals surface area contributed by atoms with E-state index in [4.69, 9.17) is 15.7 Å². The lowest BCUT2D eigenvalue weighted by molar-refractivity contribution is 0.959. The van der Waals surface area contributed by atoms with E-state index < -0.39 is 0 Å². The van der Waals surface area contributed by atoms with Crippen molar-refractivity contribution in [1.29, 1.82) is 0 Å². The summed E-state index contributed by atoms with van der Waals surface area (Å²) in [5, 5.41) is 11.2. The van der Waals surface area contributed by atoms with Crippen LogP contribution in [0, 0.1) is 13.8 Å². The number of aromatic amines is 1. The first-order chi connectivity index (χ1) is 13.6. The van der Waals surface area contributed by atoms with Crippen LogP contribution < -0.4 is 11.1 Å². The van der Waals surface area contributed by atoms with Gasteiger partial charge in [0.15, 0.2) is 11.0 Å². The van der Waals surface area contributed by atoms with Crippen LogP contribution in [-0.4, -0.2) is 20.2 Å². The molecule has 7 heteroatoms. The molecule has 0 fully saturated rings. The van der Waals surface area contributed by atoms with Crippen LogP contribution in [0.25, 0.3) is 11.3 Å². The van der Waals surface area contributed by atoms with Gasteiger partial charge in [0, 0.05) is 33.5 Å². The number of nitrogen functional groups attached to an aromatic ring is 1. The number of hydrogen-bond acceptors (Lipinski definition) is 6. The van der Waals surface area contributed by atoms with Crippen molar-refractivity contribution in [3.8, 4) is 11.3 Å². The number of aryl methyl sites for hydroxylation is 1. The molecule has 0 aliphatic carbocycles. The van der Waals surface area contributed by atoms with Crippen LogP contribution in [0.15, 0.2) is 70.7 Å². The maximum absolute atomic E-state index is 5.79. The van der Waals surface area contributed by atoms with E-state index in [1.165, 1.54) is 11.8 Å². The highest BCUT2D eigenvalue weighted by Crippen LogP contribution is 2.33. The largest absolute Gasteiger partial charge is 0.399 e. The van der Waals surface area contributed by atoms with Crippen molar-refractivity contribution in [2.75, 3.05) is 11.1 Å². The van der Waals surface area contributed by atoms with Crippen molar-refractivity contribution >= 4 is 29.1 Å². The maximum atomic E-state index is 5.79. The Hall–Kier alpha value is -3.32. The number of hydrogen-bond donors (Lipinski definition) is 3. The van der Waals surface area contributed by atoms with Crippen LogP contribution in [-0.2, 0) is 0 Å². The van der Waals surface area contributed by atoms with Gasteiger partial charge in [-0.15, -0.1) is 0 Å². The zero-order chi connectivity index (χ0) is 19.5. The summed E-state index contributed by atoms with van der Waals surface area (Å²) in [6.07, 6.45) is 0. The highest BCUT2D eigenvalue weighted by molar-refractivity contribution is 7.99. The van der Waals surface area contributed by atoms with Gasteiger partial charge in [0.25, 0.3) is 0 Å². The third-order valence-electron chi connectivity index (χ3n) is 4.21. The molecule has 0 saturated carbocycles. The summed E-state index contributed by atoms with van der Waals surface area (Å²) in [6, 6.07) is 19.7. The lowest BCUT2D eigenvalue weighted by Gasteiger charge is -2.13. The van der Waals surface area contributed by atoms with Crippen LogP contribution in [0.2, 0.25) is 0 Å². The number of nitrogens with one attached hydrogen (secondary N) is 2. The summed E-state index contributed by atoms with van der Waals surface area (Å²) < 4.78 is 0. The molecule has 28 heavy (non-hydrogen) atoms. The molecule has 140 valence electrons. The van der Waals surface area contributed by atoms with Gasteiger partial charge in [-0.1, -0.05) is 30.3 Å². The first kappa shape index (κ1) is 18.1. The van der Waals surface area contributed by atoms with Crippen LogP contribution >= 0.6 is 11.8 Å². The van der Waals surface area contributed by atoms with Crippen molar-refractivity contribution in [2.24, 2.45) is 0 Å². The number of rotatable bonds is 5. The molecule has 4 aromatic rings. The highest BCUT2D eigenvalue weighted by atomic mass is 32.2. The lowest BCUT2D eigenvalue weighted by atomic mass is 10.1. The molecule has 2 heterocycles. The fourth-order valence-corrected chi connectivity index (χ4v) is 3.54. The third-order valence-corrected chi connectivity index (χ3v) is 5.09. The van der Waals surface area contributed by atoms with Gasteiger partial charge in [-0.3, -0.25) is 5.10 Å². The van der Waals surface area contributed by atoms with Crippen LogP contribution in [0.1, 0.15) is 11.3 Å². The second kappa shape index (κ2) is 7.74. The summed E-state index contributed by atoms with van der Waals surface area (Å²) in [5.74, 6) is 1.46. The number of anilines is 3. The summed E-state index contributed by atoms with van der Waals surface area (Å²) >= 11 is 1.50. The van der Waals surface area contributed by atoms with Crippen molar-refractivity contribution in [2.45, 2.75) is 23.9 Å². The zero-order valence-electron chi connectivity index (χ0n) is 15.6. The SMILES string of the molecule is Cc1cc(Nc2nc(Sc3ccc(N)cc3)nc(-c3ccccc3)c2C)n[nH]1. The first-order valence-corrected chi connectivity index (χ1v) is 9.66. The summed E-state index contributed by atoms with van der Waals surface area (Å²) in [4.78, 5) is 10.6. The van der Waals surface area contributed by atoms with Crippen LogP contribution in [0.5, 0.6) is 0 Å². The molecule has 0 unspecified atom stereocenters. The minimum Gasteiger partial charge on any atom is -0.399 e. The Labute approximate surface area is 167 Å². The quantitative estimate of drug-likeness (QED) is 0.330. The average Bonchev–Trinajstić information content (AvgIpc) is 3.11. The van der Waals surface area contributed by atoms with Gasteiger partial charge in [0.1, 0.15) is 5.82 Å². The molecule has 4 rings (SSSR count). The van der Waals surface area contributed by atoms with E-state index in [2.05, 4.69) is 27.6 Å². The molecule has 0 aliphatic rings. The fourth-order valence-electron chi connectivity index (χ4n) is 2.79. The molecule has 6 nitrogen and oxygen atoms in total. The van der Waals surface area contributed by atoms with Crippen LogP contribution in [0.4, 0.5) is 17.3 Å². The zero-order valence-corrected chi connectivity index (χ0v) is 16.4. The van der Waals surface area contributed by atoms with E-state index in [0.717, 1.165) is 44.7 Å². The van der Waals surface area contributed by atoms with Crippen LogP contribution in [0.3, 0.4) is 0 Å². The number of nitrogens with two attached hydrogens (primary N) is 1. The van der Waals surface area contributed by atoms with Gasteiger partial charge in [-0.2, -0.15) is 5.10 Å². The topological polar surface area (TPSA) is 92.5 Å². The Morgan fingerprint density at radius 2 is 1.71 bits per heavy atom. The molecule has 4 N–H and O–H groups in total. The molecule has 0 bridgehead atoms. The summed E-state index contributed by atoms with van der Waals surface area (Å²) in [7, 11) is 0. The van der Waals surface area contributed by atoms with Gasteiger partial charge in [0.2, 0.25) is 0 Å². The molecule has 2 aromatic carbocycles. The number of aromatic nitrogens is 4. The second-order valence-electron chi connectivity index (χ2n) is 6.43. The fraction of sp³-hybridized carbons (Fsp3) is 0.0952. The standard InChI is InChI=1S/C21H20N6S/c1-13-12-18(27-26-13)23-20-14(2)19(15-6-4-3-5-7-15)24-21(25-20)28-17-10-8-16(22)9-11-17/h3-12H,22H2,1-2H3,(H2,23,24,25,26,27). The monoisotopic (exact) mass is 388 g/mol. The molecule has 0 radical (unpaired) electrons. The molecule has 0 atom stereocenters. The number of benzene rings is 2. The van der Waals surface area contributed by atoms with Crippen molar-refractivity contribution < 1.29 is 0 Å². The van der Waals surface area contributed by atoms with E-state index in [1.54, 1.807) is 0 Å². The van der Waals surface area contributed by atoms with Gasteiger partial charge in [0.05, 0.1) is 5.69 Å². The van der Waals surface area contributed by atoms with E-state index in [0.29, 0.717) is 5.16 Å². The maximum Gasteiger partial charge on any atom is 0.195 e. The van der Waals surface area contributed by atoms with Gasteiger partial charge >= 0.3 is 0 Å². The summed E-state index contributed by atoms with van der Waals surface area (Å²) in [6.45, 7) is 3.98. The smallest absolute Gasteiger partial charge is 0.195 e. The lowest BCUT2D eigenvalue weighted by Crippen LogP contribution is -2.03. The van der Waals surface area contributed by atoms with Crippen molar-refractivity contribution in [3.63, 3.8) is 0 Å². The predicted molar refractivity (Wildman–Crippen MR) is 114 cm³/mol. The van der Waals surface area contributed by atoms with Gasteiger partial charge in [-0.05, 0) is 49.9 Å². The Balaban J connectivity index is 1.76. The number of nitrogens with zero attached hydrogens (tertiary/aromatic N) is 3. The first-order valence-electron chi connectivity index (χ1n) is 8.85. The Morgan fingerprint density at radius 3 is 2.39 bits per heavy atom. The Morgan fingerprint density at radius 1 is 0.964 bits per heavy atom. The van der Waals surface area contributed by atoms with Gasteiger partial charge < -0.3 is 11.1 Å². The van der Waals surface area contributed by atoms with E-state index in [-0.39, 0.29) is 0 Å². The summed E-state index contributed by atoms with van der Waals surface area (Å²) in [5.41, 5.74) is 10.4. The molecular weight excluding hydrogens is 368 g/mol. The molecule has 0 saturated heterocycles. The minimum absolute atomic E-state index is 0.656. The predicted octanol–water partition coefficient (Wildman–Crippen LogP) is 4.96. The Bertz CT molecular complexity index is 1090. The van der Waals surface area contributed by atoms with E-state index in [1.807, 2.05) is 62.4 Å². The molecule has 0 aliphatic heterocycles. The Kier molecular flexibility index (Phi) is 4.99. The van der Waals surface area contributed by atoms with Gasteiger partial charge in [-0.25, -0.2) is 9.97 Å². The van der Waals surface area contributed by atoms with E-state index in [9.17, 15) is 0 Å². The van der Waals surface area contributed by atoms with E-state index >= 15 is 0 Å². The minimum atomic E-state index is 0.656.